The summed E-state index contributed by atoms with van der Waals surface area (Å²) >= 11 is 0. The van der Waals surface area contributed by atoms with E-state index < -0.39 is 11.6 Å². The third-order valence-corrected chi connectivity index (χ3v) is 2.81. The first-order valence-corrected chi connectivity index (χ1v) is 4.80. The van der Waals surface area contributed by atoms with Gasteiger partial charge in [0.05, 0.1) is 6.10 Å². The Morgan fingerprint density at radius 3 is 2.57 bits per heavy atom. The largest absolute Gasteiger partial charge is 0.393 e. The van der Waals surface area contributed by atoms with Crippen LogP contribution in [-0.4, -0.2) is 11.2 Å². The Labute approximate surface area is 81.4 Å². The third kappa shape index (κ3) is 1.77. The number of rotatable bonds is 1. The minimum absolute atomic E-state index is 0.0469. The van der Waals surface area contributed by atoms with E-state index in [2.05, 4.69) is 0 Å². The number of aliphatic hydroxyl groups is 1. The van der Waals surface area contributed by atoms with Crippen molar-refractivity contribution in [2.24, 2.45) is 0 Å². The quantitative estimate of drug-likeness (QED) is 0.735. The maximum absolute atomic E-state index is 13.3. The van der Waals surface area contributed by atoms with Gasteiger partial charge in [-0.3, -0.25) is 0 Å². The Morgan fingerprint density at radius 2 is 2.00 bits per heavy atom. The van der Waals surface area contributed by atoms with E-state index in [0.717, 1.165) is 12.5 Å². The van der Waals surface area contributed by atoms with Crippen molar-refractivity contribution >= 4 is 0 Å². The highest BCUT2D eigenvalue weighted by Gasteiger charge is 2.26. The zero-order valence-electron chi connectivity index (χ0n) is 7.71. The van der Waals surface area contributed by atoms with Crippen molar-refractivity contribution in [1.82, 2.24) is 0 Å². The van der Waals surface area contributed by atoms with Crippen LogP contribution in [0.2, 0.25) is 0 Å². The molecule has 14 heavy (non-hydrogen) atoms. The van der Waals surface area contributed by atoms with E-state index in [1.54, 1.807) is 0 Å². The fraction of sp³-hybridized carbons (Fsp3) is 0.455. The summed E-state index contributed by atoms with van der Waals surface area (Å²) in [6.45, 7) is 0. The number of hydrogen-bond acceptors (Lipinski definition) is 1. The lowest BCUT2D eigenvalue weighted by Gasteiger charge is -2.10. The Bertz CT molecular complexity index is 338. The molecule has 1 aliphatic rings. The van der Waals surface area contributed by atoms with Crippen LogP contribution < -0.4 is 0 Å². The van der Waals surface area contributed by atoms with Gasteiger partial charge < -0.3 is 5.11 Å². The number of halogens is 2. The van der Waals surface area contributed by atoms with Gasteiger partial charge in [-0.25, -0.2) is 8.78 Å². The molecule has 2 atom stereocenters. The molecule has 0 spiro atoms. The number of aliphatic hydroxyl groups excluding tert-OH is 1. The molecule has 0 bridgehead atoms. The molecule has 0 amide bonds. The molecule has 1 aromatic rings. The highest BCUT2D eigenvalue weighted by Crippen LogP contribution is 2.35. The molecule has 0 aliphatic heterocycles. The molecular weight excluding hydrogens is 186 g/mol. The molecule has 1 aliphatic carbocycles. The minimum atomic E-state index is -0.551. The molecule has 2 rings (SSSR count). The Kier molecular flexibility index (Phi) is 2.50. The average molecular weight is 198 g/mol. The molecule has 0 heterocycles. The van der Waals surface area contributed by atoms with E-state index in [9.17, 15) is 13.9 Å². The summed E-state index contributed by atoms with van der Waals surface area (Å²) in [5.74, 6) is -1.00. The van der Waals surface area contributed by atoms with Gasteiger partial charge in [0.1, 0.15) is 11.6 Å². The average Bonchev–Trinajstić information content (AvgIpc) is 2.51. The summed E-state index contributed by atoms with van der Waals surface area (Å²) < 4.78 is 25.9. The first-order chi connectivity index (χ1) is 6.66. The first-order valence-electron chi connectivity index (χ1n) is 4.80. The second kappa shape index (κ2) is 3.65. The third-order valence-electron chi connectivity index (χ3n) is 2.81. The van der Waals surface area contributed by atoms with Crippen LogP contribution in [0.4, 0.5) is 8.78 Å². The molecule has 1 fully saturated rings. The lowest BCUT2D eigenvalue weighted by Crippen LogP contribution is -2.01. The molecular formula is C11H12F2O. The lowest BCUT2D eigenvalue weighted by molar-refractivity contribution is 0.181. The minimum Gasteiger partial charge on any atom is -0.393 e. The zero-order chi connectivity index (χ0) is 10.1. The summed E-state index contributed by atoms with van der Waals surface area (Å²) in [6.07, 6.45) is 1.75. The van der Waals surface area contributed by atoms with Crippen LogP contribution in [0.3, 0.4) is 0 Å². The van der Waals surface area contributed by atoms with E-state index in [1.807, 2.05) is 0 Å². The normalized spacial score (nSPS) is 26.8. The molecule has 1 saturated carbocycles. The second-order valence-electron chi connectivity index (χ2n) is 3.83. The predicted molar refractivity (Wildman–Crippen MR) is 49.0 cm³/mol. The highest BCUT2D eigenvalue weighted by atomic mass is 19.1. The highest BCUT2D eigenvalue weighted by molar-refractivity contribution is 5.23. The summed E-state index contributed by atoms with van der Waals surface area (Å²) in [4.78, 5) is 0. The van der Waals surface area contributed by atoms with E-state index in [-0.39, 0.29) is 12.0 Å². The van der Waals surface area contributed by atoms with Gasteiger partial charge in [0, 0.05) is 6.07 Å². The molecule has 76 valence electrons. The molecule has 1 aromatic carbocycles. The van der Waals surface area contributed by atoms with E-state index in [4.69, 9.17) is 0 Å². The van der Waals surface area contributed by atoms with Crippen molar-refractivity contribution < 1.29 is 13.9 Å². The van der Waals surface area contributed by atoms with Crippen molar-refractivity contribution in [3.63, 3.8) is 0 Å². The van der Waals surface area contributed by atoms with Crippen LogP contribution in [0, 0.1) is 11.6 Å². The number of hydrogen-bond donors (Lipinski definition) is 1. The van der Waals surface area contributed by atoms with Gasteiger partial charge in [-0.05, 0) is 36.8 Å². The first kappa shape index (κ1) is 9.59. The van der Waals surface area contributed by atoms with Crippen LogP contribution in [0.25, 0.3) is 0 Å². The maximum atomic E-state index is 13.3. The standard InChI is InChI=1S/C11H12F2O/c12-8-2-4-10(11(13)6-8)7-1-3-9(14)5-7/h2,4,6-7,9,14H,1,3,5H2. The summed E-state index contributed by atoms with van der Waals surface area (Å²) in [6, 6.07) is 3.65. The summed E-state index contributed by atoms with van der Waals surface area (Å²) in [5.41, 5.74) is 0.531. The van der Waals surface area contributed by atoms with Crippen LogP contribution in [0.1, 0.15) is 30.7 Å². The van der Waals surface area contributed by atoms with Crippen molar-refractivity contribution in [1.29, 1.82) is 0 Å². The van der Waals surface area contributed by atoms with Gasteiger partial charge in [0.2, 0.25) is 0 Å². The fourth-order valence-electron chi connectivity index (χ4n) is 2.07. The van der Waals surface area contributed by atoms with Gasteiger partial charge in [0.15, 0.2) is 0 Å². The van der Waals surface area contributed by atoms with Crippen molar-refractivity contribution in [3.8, 4) is 0 Å². The lowest BCUT2D eigenvalue weighted by atomic mass is 9.97. The molecule has 1 nitrogen and oxygen atoms in total. The Morgan fingerprint density at radius 1 is 1.21 bits per heavy atom. The monoisotopic (exact) mass is 198 g/mol. The van der Waals surface area contributed by atoms with Gasteiger partial charge in [0.25, 0.3) is 0 Å². The van der Waals surface area contributed by atoms with Gasteiger partial charge in [-0.15, -0.1) is 0 Å². The van der Waals surface area contributed by atoms with Crippen molar-refractivity contribution in [2.45, 2.75) is 31.3 Å². The van der Waals surface area contributed by atoms with E-state index in [0.29, 0.717) is 18.4 Å². The number of benzene rings is 1. The summed E-state index contributed by atoms with van der Waals surface area (Å²) in [5, 5.41) is 9.31. The van der Waals surface area contributed by atoms with Crippen LogP contribution >= 0.6 is 0 Å². The Balaban J connectivity index is 2.24. The maximum Gasteiger partial charge on any atom is 0.129 e. The fourth-order valence-corrected chi connectivity index (χ4v) is 2.07. The molecule has 0 saturated heterocycles. The molecule has 3 heteroatoms. The topological polar surface area (TPSA) is 20.2 Å². The predicted octanol–water partition coefficient (Wildman–Crippen LogP) is 2.59. The van der Waals surface area contributed by atoms with E-state index >= 15 is 0 Å². The molecule has 2 unspecified atom stereocenters. The van der Waals surface area contributed by atoms with Gasteiger partial charge in [-0.2, -0.15) is 0 Å². The van der Waals surface area contributed by atoms with Crippen LogP contribution in [0.15, 0.2) is 18.2 Å². The molecule has 1 N–H and O–H groups in total. The zero-order valence-corrected chi connectivity index (χ0v) is 7.71. The van der Waals surface area contributed by atoms with Gasteiger partial charge >= 0.3 is 0 Å². The summed E-state index contributed by atoms with van der Waals surface area (Å²) in [7, 11) is 0. The van der Waals surface area contributed by atoms with Crippen molar-refractivity contribution in [3.05, 3.63) is 35.4 Å². The van der Waals surface area contributed by atoms with E-state index in [1.165, 1.54) is 12.1 Å². The van der Waals surface area contributed by atoms with Crippen molar-refractivity contribution in [2.75, 3.05) is 0 Å². The molecule has 0 radical (unpaired) electrons. The smallest absolute Gasteiger partial charge is 0.129 e. The SMILES string of the molecule is OC1CCC(c2ccc(F)cc2F)C1. The molecule has 0 aromatic heterocycles. The van der Waals surface area contributed by atoms with Crippen LogP contribution in [-0.2, 0) is 0 Å². The van der Waals surface area contributed by atoms with Crippen LogP contribution in [0.5, 0.6) is 0 Å². The Hall–Kier alpha value is -0.960. The van der Waals surface area contributed by atoms with Gasteiger partial charge in [-0.1, -0.05) is 6.07 Å². The second-order valence-corrected chi connectivity index (χ2v) is 3.83.